The summed E-state index contributed by atoms with van der Waals surface area (Å²) < 4.78 is 39.0. The molecule has 0 radical (unpaired) electrons. The van der Waals surface area contributed by atoms with Gasteiger partial charge in [-0.25, -0.2) is 8.42 Å². The van der Waals surface area contributed by atoms with E-state index in [-0.39, 0.29) is 16.8 Å². The third-order valence-corrected chi connectivity index (χ3v) is 8.41. The topological polar surface area (TPSA) is 76.2 Å². The summed E-state index contributed by atoms with van der Waals surface area (Å²) in [6.07, 6.45) is 1.74. The maximum Gasteiger partial charge on any atom is 0.254 e. The molecule has 2 aromatic carbocycles. The summed E-state index contributed by atoms with van der Waals surface area (Å²) >= 11 is 0. The molecule has 0 unspecified atom stereocenters. The normalized spacial score (nSPS) is 18.2. The second-order valence-electron chi connectivity index (χ2n) is 8.13. The minimum absolute atomic E-state index is 0.0810. The van der Waals surface area contributed by atoms with Crippen molar-refractivity contribution < 1.29 is 22.7 Å². The minimum atomic E-state index is -3.66. The molecule has 4 rings (SSSR count). The fourth-order valence-electron chi connectivity index (χ4n) is 4.50. The van der Waals surface area contributed by atoms with Gasteiger partial charge in [0.25, 0.3) is 5.91 Å². The number of carbonyl (C=O) groups excluding carboxylic acids is 1. The van der Waals surface area contributed by atoms with Crippen LogP contribution in [0.4, 0.5) is 0 Å². The molecular weight excluding hydrogens is 428 g/mol. The number of aryl methyl sites for hydroxylation is 1. The molecular formula is C24H30N2O5S. The second-order valence-corrected chi connectivity index (χ2v) is 10.0. The highest BCUT2D eigenvalue weighted by Crippen LogP contribution is 2.39. The van der Waals surface area contributed by atoms with Gasteiger partial charge >= 0.3 is 0 Å². The van der Waals surface area contributed by atoms with Gasteiger partial charge in [-0.3, -0.25) is 4.79 Å². The van der Waals surface area contributed by atoms with Crippen molar-refractivity contribution in [1.82, 2.24) is 9.21 Å². The Bertz CT molecular complexity index is 1110. The molecule has 1 amide bonds. The Hall–Kier alpha value is -2.58. The third kappa shape index (κ3) is 4.09. The van der Waals surface area contributed by atoms with Gasteiger partial charge in [0.1, 0.15) is 13.2 Å². The number of benzene rings is 2. The van der Waals surface area contributed by atoms with Gasteiger partial charge in [0.15, 0.2) is 11.5 Å². The number of nitrogens with zero attached hydrogens (tertiary/aromatic N) is 2. The van der Waals surface area contributed by atoms with Crippen LogP contribution in [0.5, 0.6) is 11.5 Å². The summed E-state index contributed by atoms with van der Waals surface area (Å²) in [4.78, 5) is 15.5. The van der Waals surface area contributed by atoms with Crippen LogP contribution in [0.15, 0.2) is 41.3 Å². The number of carbonyl (C=O) groups is 1. The zero-order valence-corrected chi connectivity index (χ0v) is 19.7. The van der Waals surface area contributed by atoms with Crippen LogP contribution in [-0.2, 0) is 10.0 Å². The highest BCUT2D eigenvalue weighted by molar-refractivity contribution is 7.89. The van der Waals surface area contributed by atoms with E-state index in [0.29, 0.717) is 49.7 Å². The maximum absolute atomic E-state index is 13.5. The van der Waals surface area contributed by atoms with Crippen LogP contribution in [0.2, 0.25) is 0 Å². The van der Waals surface area contributed by atoms with Gasteiger partial charge in [0, 0.05) is 25.2 Å². The maximum atomic E-state index is 13.5. The fourth-order valence-corrected chi connectivity index (χ4v) is 6.21. The standard InChI is InChI=1S/C24H30N2O5S/c1-4-25(5-2)32(28,29)23-16-19(9-8-17(23)3)24(27)26-12-6-7-20(26)18-10-11-21-22(15-18)31-14-13-30-21/h8-11,15-16,20H,4-7,12-14H2,1-3H3/t20-/m0/s1. The SMILES string of the molecule is CCN(CC)S(=O)(=O)c1cc(C(=O)N2CCC[C@H]2c2ccc3c(c2)OCCO3)ccc1C. The van der Waals surface area contributed by atoms with Gasteiger partial charge < -0.3 is 14.4 Å². The van der Waals surface area contributed by atoms with Gasteiger partial charge in [0.05, 0.1) is 10.9 Å². The third-order valence-electron chi connectivity index (χ3n) is 6.22. The van der Waals surface area contributed by atoms with Gasteiger partial charge in [-0.2, -0.15) is 4.31 Å². The summed E-state index contributed by atoms with van der Waals surface area (Å²) in [6, 6.07) is 10.7. The summed E-state index contributed by atoms with van der Waals surface area (Å²) in [6.45, 7) is 7.83. The number of likely N-dealkylation sites (tertiary alicyclic amines) is 1. The van der Waals surface area contributed by atoms with Crippen molar-refractivity contribution in [2.24, 2.45) is 0 Å². The van der Waals surface area contributed by atoms with E-state index >= 15 is 0 Å². The molecule has 0 N–H and O–H groups in total. The van der Waals surface area contributed by atoms with Crippen molar-refractivity contribution in [3.63, 3.8) is 0 Å². The Labute approximate surface area is 190 Å². The highest BCUT2D eigenvalue weighted by atomic mass is 32.2. The van der Waals surface area contributed by atoms with Crippen molar-refractivity contribution in [1.29, 1.82) is 0 Å². The number of sulfonamides is 1. The van der Waals surface area contributed by atoms with E-state index in [1.807, 2.05) is 36.9 Å². The van der Waals surface area contributed by atoms with Crippen molar-refractivity contribution >= 4 is 15.9 Å². The zero-order valence-electron chi connectivity index (χ0n) is 18.8. The van der Waals surface area contributed by atoms with Gasteiger partial charge in [0.2, 0.25) is 10.0 Å². The van der Waals surface area contributed by atoms with Gasteiger partial charge in [-0.15, -0.1) is 0 Å². The fraction of sp³-hybridized carbons (Fsp3) is 0.458. The molecule has 0 spiro atoms. The lowest BCUT2D eigenvalue weighted by Gasteiger charge is -2.27. The number of amides is 1. The number of ether oxygens (including phenoxy) is 2. The van der Waals surface area contributed by atoms with Crippen LogP contribution in [0.1, 0.15) is 54.2 Å². The van der Waals surface area contributed by atoms with E-state index in [4.69, 9.17) is 9.47 Å². The van der Waals surface area contributed by atoms with E-state index < -0.39 is 10.0 Å². The predicted octanol–water partition coefficient (Wildman–Crippen LogP) is 3.77. The average Bonchev–Trinajstić information content (AvgIpc) is 3.29. The van der Waals surface area contributed by atoms with E-state index in [9.17, 15) is 13.2 Å². The van der Waals surface area contributed by atoms with Crippen molar-refractivity contribution in [2.45, 2.75) is 44.6 Å². The zero-order chi connectivity index (χ0) is 22.9. The predicted molar refractivity (Wildman–Crippen MR) is 122 cm³/mol. The van der Waals surface area contributed by atoms with Crippen LogP contribution in [0.25, 0.3) is 0 Å². The van der Waals surface area contributed by atoms with Crippen molar-refractivity contribution in [2.75, 3.05) is 32.8 Å². The smallest absolute Gasteiger partial charge is 0.254 e. The lowest BCUT2D eigenvalue weighted by Crippen LogP contribution is -2.32. The molecule has 0 aromatic heterocycles. The molecule has 2 heterocycles. The number of hydrogen-bond donors (Lipinski definition) is 0. The molecule has 2 aliphatic rings. The van der Waals surface area contributed by atoms with Crippen molar-refractivity contribution in [3.05, 3.63) is 53.1 Å². The molecule has 0 bridgehead atoms. The lowest BCUT2D eigenvalue weighted by atomic mass is 10.0. The lowest BCUT2D eigenvalue weighted by molar-refractivity contribution is 0.0735. The van der Waals surface area contributed by atoms with Crippen LogP contribution >= 0.6 is 0 Å². The molecule has 172 valence electrons. The first-order chi connectivity index (χ1) is 15.4. The first-order valence-corrected chi connectivity index (χ1v) is 12.6. The van der Waals surface area contributed by atoms with Crippen LogP contribution in [0.3, 0.4) is 0 Å². The van der Waals surface area contributed by atoms with Gasteiger partial charge in [-0.1, -0.05) is 26.0 Å². The Morgan fingerprint density at radius 2 is 1.78 bits per heavy atom. The quantitative estimate of drug-likeness (QED) is 0.659. The second kappa shape index (κ2) is 9.11. The molecule has 8 heteroatoms. The molecule has 7 nitrogen and oxygen atoms in total. The molecule has 0 saturated carbocycles. The van der Waals surface area contributed by atoms with Crippen LogP contribution < -0.4 is 9.47 Å². The molecule has 1 atom stereocenters. The molecule has 32 heavy (non-hydrogen) atoms. The van der Waals surface area contributed by atoms with Gasteiger partial charge in [-0.05, 0) is 55.2 Å². The van der Waals surface area contributed by atoms with Crippen LogP contribution in [-0.4, -0.2) is 56.4 Å². The Morgan fingerprint density at radius 3 is 2.50 bits per heavy atom. The highest BCUT2D eigenvalue weighted by Gasteiger charge is 2.33. The Kier molecular flexibility index (Phi) is 6.44. The Balaban J connectivity index is 1.64. The van der Waals surface area contributed by atoms with Crippen LogP contribution in [0, 0.1) is 6.92 Å². The molecule has 1 fully saturated rings. The molecule has 2 aromatic rings. The van der Waals surface area contributed by atoms with E-state index in [2.05, 4.69) is 0 Å². The average molecular weight is 459 g/mol. The van der Waals surface area contributed by atoms with E-state index in [0.717, 1.165) is 24.2 Å². The molecule has 0 aliphatic carbocycles. The monoisotopic (exact) mass is 458 g/mol. The first kappa shape index (κ1) is 22.6. The first-order valence-electron chi connectivity index (χ1n) is 11.2. The number of hydrogen-bond acceptors (Lipinski definition) is 5. The van der Waals surface area contributed by atoms with Crippen molar-refractivity contribution in [3.8, 4) is 11.5 Å². The Morgan fingerprint density at radius 1 is 1.06 bits per heavy atom. The minimum Gasteiger partial charge on any atom is -0.486 e. The number of rotatable bonds is 6. The summed E-state index contributed by atoms with van der Waals surface area (Å²) in [5, 5.41) is 0. The summed E-state index contributed by atoms with van der Waals surface area (Å²) in [5.74, 6) is 1.27. The molecule has 1 saturated heterocycles. The summed E-state index contributed by atoms with van der Waals surface area (Å²) in [7, 11) is -3.66. The summed E-state index contributed by atoms with van der Waals surface area (Å²) in [5.41, 5.74) is 2.03. The van der Waals surface area contributed by atoms with E-state index in [1.54, 1.807) is 19.1 Å². The largest absolute Gasteiger partial charge is 0.486 e. The van der Waals surface area contributed by atoms with E-state index in [1.165, 1.54) is 10.4 Å². The number of fused-ring (bicyclic) bond motifs is 1. The molecule has 2 aliphatic heterocycles.